The van der Waals surface area contributed by atoms with Gasteiger partial charge in [0.2, 0.25) is 10.0 Å². The highest BCUT2D eigenvalue weighted by molar-refractivity contribution is 7.91. The molecule has 7 nitrogen and oxygen atoms in total. The molecule has 144 valence electrons. The molecule has 0 heterocycles. The molecule has 1 rings (SSSR count). The van der Waals surface area contributed by atoms with Gasteiger partial charge in [-0.15, -0.1) is 0 Å². The van der Waals surface area contributed by atoms with E-state index in [0.717, 1.165) is 0 Å². The molecule has 1 aromatic carbocycles. The van der Waals surface area contributed by atoms with Crippen LogP contribution >= 0.6 is 0 Å². The lowest BCUT2D eigenvalue weighted by Gasteiger charge is -2.31. The molecule has 0 atom stereocenters. The number of hydrogen-bond acceptors (Lipinski definition) is 6. The van der Waals surface area contributed by atoms with E-state index < -0.39 is 25.4 Å². The van der Waals surface area contributed by atoms with Crippen molar-refractivity contribution >= 4 is 19.9 Å². The number of benzene rings is 1. The van der Waals surface area contributed by atoms with Gasteiger partial charge < -0.3 is 10.5 Å². The first-order chi connectivity index (χ1) is 11.6. The van der Waals surface area contributed by atoms with Gasteiger partial charge in [0.1, 0.15) is 12.4 Å². The van der Waals surface area contributed by atoms with Crippen LogP contribution in [0.1, 0.15) is 33.6 Å². The smallest absolute Gasteiger partial charge is 0.241 e. The number of hydrogen-bond donors (Lipinski definition) is 2. The van der Waals surface area contributed by atoms with Crippen molar-refractivity contribution in [3.8, 4) is 5.75 Å². The van der Waals surface area contributed by atoms with Gasteiger partial charge in [0.25, 0.3) is 0 Å². The van der Waals surface area contributed by atoms with Crippen LogP contribution in [-0.2, 0) is 19.9 Å². The van der Waals surface area contributed by atoms with Crippen LogP contribution in [0.3, 0.4) is 0 Å². The van der Waals surface area contributed by atoms with Crippen LogP contribution < -0.4 is 15.2 Å². The lowest BCUT2D eigenvalue weighted by Crippen LogP contribution is -2.52. The van der Waals surface area contributed by atoms with E-state index >= 15 is 0 Å². The molecule has 0 spiro atoms. The van der Waals surface area contributed by atoms with E-state index in [1.54, 1.807) is 6.92 Å². The van der Waals surface area contributed by atoms with Crippen LogP contribution in [0.5, 0.6) is 5.75 Å². The van der Waals surface area contributed by atoms with Crippen LogP contribution in [0.4, 0.5) is 0 Å². The Balaban J connectivity index is 2.81. The summed E-state index contributed by atoms with van der Waals surface area (Å²) in [6.45, 7) is 5.60. The lowest BCUT2D eigenvalue weighted by molar-refractivity contribution is 0.340. The molecule has 3 N–H and O–H groups in total. The highest BCUT2D eigenvalue weighted by atomic mass is 32.2. The van der Waals surface area contributed by atoms with Crippen LogP contribution in [0.2, 0.25) is 0 Å². The second-order valence-electron chi connectivity index (χ2n) is 5.85. The van der Waals surface area contributed by atoms with E-state index in [9.17, 15) is 16.8 Å². The molecule has 0 saturated carbocycles. The molecule has 0 fully saturated rings. The van der Waals surface area contributed by atoms with Crippen molar-refractivity contribution < 1.29 is 21.6 Å². The summed E-state index contributed by atoms with van der Waals surface area (Å²) in [6, 6.07) is 5.88. The van der Waals surface area contributed by atoms with Crippen molar-refractivity contribution in [2.45, 2.75) is 44.0 Å². The molecule has 0 aliphatic carbocycles. The fourth-order valence-electron chi connectivity index (χ4n) is 2.21. The summed E-state index contributed by atoms with van der Waals surface area (Å²) in [5.41, 5.74) is 5.08. The van der Waals surface area contributed by atoms with Crippen LogP contribution in [0, 0.1) is 0 Å². The number of rotatable bonds is 11. The molecule has 0 aromatic heterocycles. The molecular formula is C16H28N2O5S2. The van der Waals surface area contributed by atoms with Gasteiger partial charge in [0.15, 0.2) is 9.84 Å². The molecule has 0 amide bonds. The van der Waals surface area contributed by atoms with Crippen molar-refractivity contribution in [1.29, 1.82) is 0 Å². The summed E-state index contributed by atoms with van der Waals surface area (Å²) in [5.74, 6) is 0.412. The van der Waals surface area contributed by atoms with Gasteiger partial charge in [-0.25, -0.2) is 21.6 Å². The zero-order valence-corrected chi connectivity index (χ0v) is 16.6. The maximum Gasteiger partial charge on any atom is 0.241 e. The average molecular weight is 393 g/mol. The van der Waals surface area contributed by atoms with Crippen molar-refractivity contribution in [2.75, 3.05) is 24.7 Å². The van der Waals surface area contributed by atoms with Gasteiger partial charge in [0, 0.05) is 17.8 Å². The van der Waals surface area contributed by atoms with Gasteiger partial charge >= 0.3 is 0 Å². The standard InChI is InChI=1S/C16H28N2O5S2/c1-4-16(5-2,13-17)18-25(21,22)15-9-7-14(8-10-15)23-11-12-24(19,20)6-3/h7-10,18H,4-6,11-13,17H2,1-3H3. The SMILES string of the molecule is CCC(CC)(CN)NS(=O)(=O)c1ccc(OCCS(=O)(=O)CC)cc1. The lowest BCUT2D eigenvalue weighted by atomic mass is 9.95. The van der Waals surface area contributed by atoms with E-state index in [1.165, 1.54) is 24.3 Å². The number of nitrogens with two attached hydrogens (primary N) is 1. The monoisotopic (exact) mass is 392 g/mol. The normalized spacial score (nSPS) is 13.0. The largest absolute Gasteiger partial charge is 0.493 e. The summed E-state index contributed by atoms with van der Waals surface area (Å²) in [4.78, 5) is 0.112. The predicted octanol–water partition coefficient (Wildman–Crippen LogP) is 1.30. The minimum Gasteiger partial charge on any atom is -0.493 e. The minimum atomic E-state index is -3.70. The summed E-state index contributed by atoms with van der Waals surface area (Å²) in [6.07, 6.45) is 1.18. The maximum absolute atomic E-state index is 12.5. The fourth-order valence-corrected chi connectivity index (χ4v) is 4.39. The van der Waals surface area contributed by atoms with Crippen LogP contribution in [0.15, 0.2) is 29.2 Å². The third-order valence-corrected chi connectivity index (χ3v) is 7.59. The molecule has 1 aromatic rings. The Labute approximate surface area is 150 Å². The Morgan fingerprint density at radius 2 is 1.60 bits per heavy atom. The van der Waals surface area contributed by atoms with E-state index in [1.807, 2.05) is 13.8 Å². The first-order valence-electron chi connectivity index (χ1n) is 8.31. The zero-order valence-electron chi connectivity index (χ0n) is 15.0. The maximum atomic E-state index is 12.5. The summed E-state index contributed by atoms with van der Waals surface area (Å²) in [7, 11) is -6.79. The predicted molar refractivity (Wildman–Crippen MR) is 99.0 cm³/mol. The summed E-state index contributed by atoms with van der Waals surface area (Å²) in [5, 5.41) is 0. The van der Waals surface area contributed by atoms with Crippen LogP contribution in [-0.4, -0.2) is 47.0 Å². The molecular weight excluding hydrogens is 364 g/mol. The Morgan fingerprint density at radius 3 is 2.04 bits per heavy atom. The molecule has 0 bridgehead atoms. The first kappa shape index (κ1) is 21.9. The quantitative estimate of drug-likeness (QED) is 0.586. The summed E-state index contributed by atoms with van der Waals surface area (Å²) >= 11 is 0. The Bertz CT molecular complexity index is 731. The zero-order chi connectivity index (χ0) is 19.1. The molecule has 25 heavy (non-hydrogen) atoms. The van der Waals surface area contributed by atoms with Gasteiger partial charge in [0.05, 0.1) is 10.6 Å². The number of ether oxygens (including phenoxy) is 1. The highest BCUT2D eigenvalue weighted by Crippen LogP contribution is 2.21. The average Bonchev–Trinajstić information content (AvgIpc) is 2.60. The first-order valence-corrected chi connectivity index (χ1v) is 11.6. The van der Waals surface area contributed by atoms with Crippen molar-refractivity contribution in [3.05, 3.63) is 24.3 Å². The molecule has 0 aliphatic rings. The number of nitrogens with one attached hydrogen (secondary N) is 1. The van der Waals surface area contributed by atoms with Gasteiger partial charge in [-0.1, -0.05) is 20.8 Å². The number of sulfonamides is 1. The summed E-state index contributed by atoms with van der Waals surface area (Å²) < 4.78 is 55.9. The van der Waals surface area contributed by atoms with Crippen molar-refractivity contribution in [2.24, 2.45) is 5.73 Å². The second-order valence-corrected chi connectivity index (χ2v) is 10.0. The Morgan fingerprint density at radius 1 is 1.04 bits per heavy atom. The minimum absolute atomic E-state index is 0.0302. The number of sulfone groups is 1. The Hall–Kier alpha value is -1.16. The topological polar surface area (TPSA) is 116 Å². The Kier molecular flexibility index (Phi) is 7.86. The molecule has 0 aliphatic heterocycles. The van der Waals surface area contributed by atoms with E-state index in [4.69, 9.17) is 10.5 Å². The molecule has 0 radical (unpaired) electrons. The van der Waals surface area contributed by atoms with E-state index in [2.05, 4.69) is 4.72 Å². The van der Waals surface area contributed by atoms with Gasteiger partial charge in [-0.3, -0.25) is 0 Å². The highest BCUT2D eigenvalue weighted by Gasteiger charge is 2.30. The third-order valence-electron chi connectivity index (χ3n) is 4.33. The fraction of sp³-hybridized carbons (Fsp3) is 0.625. The van der Waals surface area contributed by atoms with Crippen molar-refractivity contribution in [3.63, 3.8) is 0 Å². The van der Waals surface area contributed by atoms with E-state index in [-0.39, 0.29) is 29.6 Å². The van der Waals surface area contributed by atoms with E-state index in [0.29, 0.717) is 18.6 Å². The van der Waals surface area contributed by atoms with Gasteiger partial charge in [-0.2, -0.15) is 0 Å². The molecule has 0 saturated heterocycles. The third kappa shape index (κ3) is 6.25. The van der Waals surface area contributed by atoms with Gasteiger partial charge in [-0.05, 0) is 37.1 Å². The molecule has 9 heteroatoms. The van der Waals surface area contributed by atoms with Crippen LogP contribution in [0.25, 0.3) is 0 Å². The second kappa shape index (κ2) is 8.98. The molecule has 0 unspecified atom stereocenters. The van der Waals surface area contributed by atoms with Crippen molar-refractivity contribution in [1.82, 2.24) is 4.72 Å².